The Bertz CT molecular complexity index is 639. The molecule has 2 heterocycles. The minimum atomic E-state index is -0.904. The number of hydrogen-bond acceptors (Lipinski definition) is 3. The van der Waals surface area contributed by atoms with Gasteiger partial charge in [-0.2, -0.15) is 0 Å². The second-order valence-electron chi connectivity index (χ2n) is 5.83. The van der Waals surface area contributed by atoms with Gasteiger partial charge in [0.1, 0.15) is 16.9 Å². The van der Waals surface area contributed by atoms with Gasteiger partial charge in [-0.15, -0.1) is 0 Å². The summed E-state index contributed by atoms with van der Waals surface area (Å²) in [6, 6.07) is 7.36. The molecule has 1 aromatic heterocycles. The second-order valence-corrected chi connectivity index (χ2v) is 5.83. The monoisotopic (exact) mass is 287 g/mol. The van der Waals surface area contributed by atoms with Crippen molar-refractivity contribution >= 4 is 16.9 Å². The van der Waals surface area contributed by atoms with E-state index in [0.717, 1.165) is 19.0 Å². The third kappa shape index (κ3) is 2.81. The van der Waals surface area contributed by atoms with Crippen molar-refractivity contribution in [2.75, 3.05) is 13.1 Å². The SMILES string of the molecule is CCC1CCN(Cc2oc3ccccc3c2C(=O)O)CC1. The van der Waals surface area contributed by atoms with Crippen LogP contribution in [0.25, 0.3) is 11.0 Å². The van der Waals surface area contributed by atoms with Crippen LogP contribution >= 0.6 is 0 Å². The Hall–Kier alpha value is -1.81. The summed E-state index contributed by atoms with van der Waals surface area (Å²) in [7, 11) is 0. The van der Waals surface area contributed by atoms with Crippen LogP contribution < -0.4 is 0 Å². The fourth-order valence-corrected chi connectivity index (χ4v) is 3.20. The molecule has 1 N–H and O–H groups in total. The molecule has 0 spiro atoms. The van der Waals surface area contributed by atoms with Crippen LogP contribution in [0.4, 0.5) is 0 Å². The molecule has 1 fully saturated rings. The number of piperidine rings is 1. The molecule has 2 aromatic rings. The zero-order chi connectivity index (χ0) is 14.8. The van der Waals surface area contributed by atoms with Crippen LogP contribution in [0.15, 0.2) is 28.7 Å². The number of furan rings is 1. The normalized spacial score (nSPS) is 17.4. The fourth-order valence-electron chi connectivity index (χ4n) is 3.20. The highest BCUT2D eigenvalue weighted by atomic mass is 16.4. The largest absolute Gasteiger partial charge is 0.478 e. The summed E-state index contributed by atoms with van der Waals surface area (Å²) < 4.78 is 5.79. The van der Waals surface area contributed by atoms with E-state index >= 15 is 0 Å². The average molecular weight is 287 g/mol. The Morgan fingerprint density at radius 2 is 2.05 bits per heavy atom. The van der Waals surface area contributed by atoms with Gasteiger partial charge in [0.25, 0.3) is 0 Å². The number of rotatable bonds is 4. The summed E-state index contributed by atoms with van der Waals surface area (Å²) in [6.45, 7) is 4.87. The number of benzene rings is 1. The molecule has 1 aliphatic heterocycles. The fraction of sp³-hybridized carbons (Fsp3) is 0.471. The van der Waals surface area contributed by atoms with Crippen molar-refractivity contribution < 1.29 is 14.3 Å². The summed E-state index contributed by atoms with van der Waals surface area (Å²) in [4.78, 5) is 13.9. The van der Waals surface area contributed by atoms with E-state index in [9.17, 15) is 9.90 Å². The molecule has 3 rings (SSSR count). The Balaban J connectivity index is 1.84. The molecule has 0 unspecified atom stereocenters. The summed E-state index contributed by atoms with van der Waals surface area (Å²) in [6.07, 6.45) is 3.62. The van der Waals surface area contributed by atoms with Crippen molar-refractivity contribution in [2.45, 2.75) is 32.7 Å². The maximum atomic E-state index is 11.6. The number of carboxylic acids is 1. The molecule has 0 saturated carbocycles. The van der Waals surface area contributed by atoms with E-state index < -0.39 is 5.97 Å². The molecule has 1 aromatic carbocycles. The van der Waals surface area contributed by atoms with Crippen molar-refractivity contribution in [1.82, 2.24) is 4.90 Å². The van der Waals surface area contributed by atoms with Gasteiger partial charge in [-0.1, -0.05) is 31.5 Å². The van der Waals surface area contributed by atoms with E-state index in [4.69, 9.17) is 4.42 Å². The number of aromatic carboxylic acids is 1. The molecule has 0 aliphatic carbocycles. The Kier molecular flexibility index (Phi) is 3.97. The minimum Gasteiger partial charge on any atom is -0.478 e. The zero-order valence-corrected chi connectivity index (χ0v) is 12.3. The molecule has 0 amide bonds. The summed E-state index contributed by atoms with van der Waals surface area (Å²) in [5.41, 5.74) is 0.983. The first kappa shape index (κ1) is 14.1. The van der Waals surface area contributed by atoms with Crippen LogP contribution in [0, 0.1) is 5.92 Å². The summed E-state index contributed by atoms with van der Waals surface area (Å²) in [5.74, 6) is 0.493. The van der Waals surface area contributed by atoms with Gasteiger partial charge in [-0.05, 0) is 37.9 Å². The third-order valence-corrected chi connectivity index (χ3v) is 4.53. The van der Waals surface area contributed by atoms with Crippen LogP contribution in [0.1, 0.15) is 42.3 Å². The van der Waals surface area contributed by atoms with Crippen LogP contribution in [-0.2, 0) is 6.54 Å². The smallest absolute Gasteiger partial charge is 0.339 e. The van der Waals surface area contributed by atoms with E-state index in [1.165, 1.54) is 19.3 Å². The van der Waals surface area contributed by atoms with Gasteiger partial charge in [0.2, 0.25) is 0 Å². The highest BCUT2D eigenvalue weighted by Crippen LogP contribution is 2.28. The molecule has 21 heavy (non-hydrogen) atoms. The van der Waals surface area contributed by atoms with Crippen molar-refractivity contribution in [2.24, 2.45) is 5.92 Å². The van der Waals surface area contributed by atoms with Crippen LogP contribution in [0.2, 0.25) is 0 Å². The van der Waals surface area contributed by atoms with Crippen LogP contribution in [0.3, 0.4) is 0 Å². The van der Waals surface area contributed by atoms with Gasteiger partial charge in [0.05, 0.1) is 6.54 Å². The minimum absolute atomic E-state index is 0.322. The topological polar surface area (TPSA) is 53.7 Å². The van der Waals surface area contributed by atoms with E-state index in [0.29, 0.717) is 28.8 Å². The number of hydrogen-bond donors (Lipinski definition) is 1. The van der Waals surface area contributed by atoms with Crippen molar-refractivity contribution in [3.05, 3.63) is 35.6 Å². The van der Waals surface area contributed by atoms with Crippen LogP contribution in [0.5, 0.6) is 0 Å². The number of para-hydroxylation sites is 1. The first-order chi connectivity index (χ1) is 10.2. The van der Waals surface area contributed by atoms with Crippen LogP contribution in [-0.4, -0.2) is 29.1 Å². The molecule has 112 valence electrons. The number of likely N-dealkylation sites (tertiary alicyclic amines) is 1. The van der Waals surface area contributed by atoms with E-state index in [-0.39, 0.29) is 0 Å². The number of nitrogens with zero attached hydrogens (tertiary/aromatic N) is 1. The maximum Gasteiger partial charge on any atom is 0.339 e. The van der Waals surface area contributed by atoms with Gasteiger partial charge in [-0.3, -0.25) is 4.90 Å². The van der Waals surface area contributed by atoms with Gasteiger partial charge in [0.15, 0.2) is 0 Å². The molecule has 0 bridgehead atoms. The number of carboxylic acid groups (broad SMARTS) is 1. The van der Waals surface area contributed by atoms with Crippen molar-refractivity contribution in [1.29, 1.82) is 0 Å². The molecule has 0 radical (unpaired) electrons. The molecular formula is C17H21NO3. The first-order valence-electron chi connectivity index (χ1n) is 7.65. The summed E-state index contributed by atoms with van der Waals surface area (Å²) in [5, 5.41) is 10.2. The lowest BCUT2D eigenvalue weighted by molar-refractivity contribution is 0.0693. The third-order valence-electron chi connectivity index (χ3n) is 4.53. The predicted octanol–water partition coefficient (Wildman–Crippen LogP) is 3.75. The average Bonchev–Trinajstić information content (AvgIpc) is 2.86. The predicted molar refractivity (Wildman–Crippen MR) is 81.5 cm³/mol. The van der Waals surface area contributed by atoms with E-state index in [1.54, 1.807) is 0 Å². The van der Waals surface area contributed by atoms with Gasteiger partial charge in [0, 0.05) is 5.39 Å². The molecular weight excluding hydrogens is 266 g/mol. The van der Waals surface area contributed by atoms with E-state index in [1.807, 2.05) is 24.3 Å². The first-order valence-corrected chi connectivity index (χ1v) is 7.65. The molecule has 4 heteroatoms. The highest BCUT2D eigenvalue weighted by Gasteiger charge is 2.24. The standard InChI is InChI=1S/C17H21NO3/c1-2-12-7-9-18(10-8-12)11-15-16(17(19)20)13-5-3-4-6-14(13)21-15/h3-6,12H,2,7-11H2,1H3,(H,19,20). The van der Waals surface area contributed by atoms with Gasteiger partial charge in [-0.25, -0.2) is 4.79 Å². The second kappa shape index (κ2) is 5.90. The molecule has 1 aliphatic rings. The zero-order valence-electron chi connectivity index (χ0n) is 12.3. The van der Waals surface area contributed by atoms with Gasteiger partial charge >= 0.3 is 5.97 Å². The van der Waals surface area contributed by atoms with Crippen molar-refractivity contribution in [3.63, 3.8) is 0 Å². The van der Waals surface area contributed by atoms with Crippen molar-refractivity contribution in [3.8, 4) is 0 Å². The molecule has 4 nitrogen and oxygen atoms in total. The molecule has 1 saturated heterocycles. The number of fused-ring (bicyclic) bond motifs is 1. The Morgan fingerprint density at radius 1 is 1.33 bits per heavy atom. The Morgan fingerprint density at radius 3 is 2.71 bits per heavy atom. The lowest BCUT2D eigenvalue weighted by Crippen LogP contribution is -2.33. The molecule has 0 atom stereocenters. The van der Waals surface area contributed by atoms with Gasteiger partial charge < -0.3 is 9.52 Å². The quantitative estimate of drug-likeness (QED) is 0.930. The number of carbonyl (C=O) groups is 1. The summed E-state index contributed by atoms with van der Waals surface area (Å²) >= 11 is 0. The Labute approximate surface area is 124 Å². The maximum absolute atomic E-state index is 11.6. The highest BCUT2D eigenvalue weighted by molar-refractivity contribution is 6.03. The lowest BCUT2D eigenvalue weighted by atomic mass is 9.94. The van der Waals surface area contributed by atoms with E-state index in [2.05, 4.69) is 11.8 Å². The lowest BCUT2D eigenvalue weighted by Gasteiger charge is -2.30.